The Morgan fingerprint density at radius 2 is 1.61 bits per heavy atom. The Kier molecular flexibility index (Phi) is 8.42. The van der Waals surface area contributed by atoms with Crippen molar-refractivity contribution in [2.75, 3.05) is 25.0 Å². The summed E-state index contributed by atoms with van der Waals surface area (Å²) < 4.78 is 43.2. The lowest BCUT2D eigenvalue weighted by Crippen LogP contribution is -2.34. The Balaban J connectivity index is 1.80. The molecule has 0 saturated carbocycles. The minimum absolute atomic E-state index is 0.0767. The maximum atomic E-state index is 12.7. The first kappa shape index (κ1) is 23.7. The summed E-state index contributed by atoms with van der Waals surface area (Å²) >= 11 is 0. The number of nitrogens with one attached hydrogen (secondary N) is 3. The smallest absolute Gasteiger partial charge is 0.416 e. The van der Waals surface area contributed by atoms with Crippen molar-refractivity contribution in [3.63, 3.8) is 0 Å². The number of halogens is 3. The molecule has 0 aromatic heterocycles. The zero-order valence-corrected chi connectivity index (χ0v) is 16.7. The average molecular weight is 437 g/mol. The van der Waals surface area contributed by atoms with Crippen LogP contribution in [0.15, 0.2) is 48.5 Å². The van der Waals surface area contributed by atoms with Gasteiger partial charge in [-0.3, -0.25) is 14.4 Å². The van der Waals surface area contributed by atoms with Crippen molar-refractivity contribution in [2.45, 2.75) is 19.5 Å². The SMILES string of the molecule is CCC(=O)NCCNC(=O)c1ccc(NC(=O)COc2cccc(C(F)(F)F)c2)cc1. The van der Waals surface area contributed by atoms with Crippen LogP contribution in [0.25, 0.3) is 0 Å². The van der Waals surface area contributed by atoms with E-state index in [4.69, 9.17) is 4.74 Å². The van der Waals surface area contributed by atoms with E-state index in [1.165, 1.54) is 36.4 Å². The molecule has 2 aromatic carbocycles. The van der Waals surface area contributed by atoms with E-state index in [0.717, 1.165) is 12.1 Å². The van der Waals surface area contributed by atoms with Gasteiger partial charge in [0, 0.05) is 30.8 Å². The Bertz CT molecular complexity index is 915. The molecule has 3 N–H and O–H groups in total. The third-order valence-corrected chi connectivity index (χ3v) is 4.02. The van der Waals surface area contributed by atoms with Gasteiger partial charge in [-0.05, 0) is 42.5 Å². The largest absolute Gasteiger partial charge is 0.484 e. The van der Waals surface area contributed by atoms with E-state index in [1.807, 2.05) is 0 Å². The van der Waals surface area contributed by atoms with E-state index >= 15 is 0 Å². The number of hydrogen-bond donors (Lipinski definition) is 3. The van der Waals surface area contributed by atoms with Gasteiger partial charge in [-0.2, -0.15) is 13.2 Å². The molecule has 0 heterocycles. The molecule has 10 heteroatoms. The quantitative estimate of drug-likeness (QED) is 0.526. The second kappa shape index (κ2) is 11.0. The number of benzene rings is 2. The molecule has 0 saturated heterocycles. The van der Waals surface area contributed by atoms with E-state index in [-0.39, 0.29) is 24.1 Å². The number of carbonyl (C=O) groups excluding carboxylic acids is 3. The first-order valence-corrected chi connectivity index (χ1v) is 9.44. The molecule has 166 valence electrons. The van der Waals surface area contributed by atoms with Crippen LogP contribution < -0.4 is 20.7 Å². The number of anilines is 1. The zero-order valence-electron chi connectivity index (χ0n) is 16.7. The molecule has 0 aliphatic rings. The van der Waals surface area contributed by atoms with Crippen LogP contribution in [-0.2, 0) is 15.8 Å². The van der Waals surface area contributed by atoms with E-state index in [9.17, 15) is 27.6 Å². The van der Waals surface area contributed by atoms with E-state index in [2.05, 4.69) is 16.0 Å². The maximum Gasteiger partial charge on any atom is 0.416 e. The molecule has 0 aliphatic carbocycles. The fourth-order valence-electron chi connectivity index (χ4n) is 2.42. The number of ether oxygens (including phenoxy) is 1. The van der Waals surface area contributed by atoms with Crippen LogP contribution in [0.4, 0.5) is 18.9 Å². The van der Waals surface area contributed by atoms with Crippen molar-refractivity contribution in [3.05, 3.63) is 59.7 Å². The molecular formula is C21H22F3N3O4. The van der Waals surface area contributed by atoms with Gasteiger partial charge in [-0.25, -0.2) is 0 Å². The molecule has 3 amide bonds. The molecule has 0 radical (unpaired) electrons. The van der Waals surface area contributed by atoms with Gasteiger partial charge in [0.15, 0.2) is 6.61 Å². The normalized spacial score (nSPS) is 10.8. The third-order valence-electron chi connectivity index (χ3n) is 4.02. The molecule has 2 rings (SSSR count). The summed E-state index contributed by atoms with van der Waals surface area (Å²) in [5.74, 6) is -1.09. The minimum Gasteiger partial charge on any atom is -0.484 e. The predicted molar refractivity (Wildman–Crippen MR) is 108 cm³/mol. The van der Waals surface area contributed by atoms with Crippen LogP contribution in [0.2, 0.25) is 0 Å². The monoisotopic (exact) mass is 437 g/mol. The third kappa shape index (κ3) is 8.00. The van der Waals surface area contributed by atoms with Gasteiger partial charge >= 0.3 is 6.18 Å². The van der Waals surface area contributed by atoms with Gasteiger partial charge in [0.2, 0.25) is 5.91 Å². The highest BCUT2D eigenvalue weighted by Gasteiger charge is 2.30. The molecule has 0 fully saturated rings. The van der Waals surface area contributed by atoms with Crippen molar-refractivity contribution < 1.29 is 32.3 Å². The molecule has 7 nitrogen and oxygen atoms in total. The van der Waals surface area contributed by atoms with Crippen LogP contribution in [-0.4, -0.2) is 37.4 Å². The fraction of sp³-hybridized carbons (Fsp3) is 0.286. The lowest BCUT2D eigenvalue weighted by atomic mass is 10.2. The van der Waals surface area contributed by atoms with Crippen molar-refractivity contribution in [3.8, 4) is 5.75 Å². The van der Waals surface area contributed by atoms with Gasteiger partial charge in [0.25, 0.3) is 11.8 Å². The van der Waals surface area contributed by atoms with Crippen molar-refractivity contribution in [1.82, 2.24) is 10.6 Å². The molecule has 0 aliphatic heterocycles. The first-order valence-electron chi connectivity index (χ1n) is 9.44. The van der Waals surface area contributed by atoms with Gasteiger partial charge in [-0.1, -0.05) is 13.0 Å². The summed E-state index contributed by atoms with van der Waals surface area (Å²) in [5.41, 5.74) is -0.114. The van der Waals surface area contributed by atoms with Crippen LogP contribution in [0.3, 0.4) is 0 Å². The standard InChI is InChI=1S/C21H22F3N3O4/c1-2-18(28)25-10-11-26-20(30)14-6-8-16(9-7-14)27-19(29)13-31-17-5-3-4-15(12-17)21(22,23)24/h3-9,12H,2,10-11,13H2,1H3,(H,25,28)(H,26,30)(H,27,29). The molecular weight excluding hydrogens is 415 g/mol. The zero-order chi connectivity index (χ0) is 22.9. The average Bonchev–Trinajstić information content (AvgIpc) is 2.75. The molecule has 0 spiro atoms. The van der Waals surface area contributed by atoms with E-state index in [1.54, 1.807) is 6.92 Å². The molecule has 31 heavy (non-hydrogen) atoms. The summed E-state index contributed by atoms with van der Waals surface area (Å²) in [6.07, 6.45) is -4.13. The number of carbonyl (C=O) groups is 3. The molecule has 0 atom stereocenters. The minimum atomic E-state index is -4.50. The van der Waals surface area contributed by atoms with Gasteiger partial charge in [0.1, 0.15) is 5.75 Å². The van der Waals surface area contributed by atoms with Crippen LogP contribution in [0, 0.1) is 0 Å². The van der Waals surface area contributed by atoms with Crippen LogP contribution in [0.1, 0.15) is 29.3 Å². The summed E-state index contributed by atoms with van der Waals surface area (Å²) in [4.78, 5) is 35.1. The molecule has 0 unspecified atom stereocenters. The topological polar surface area (TPSA) is 96.5 Å². The highest BCUT2D eigenvalue weighted by Crippen LogP contribution is 2.31. The number of hydrogen-bond acceptors (Lipinski definition) is 4. The van der Waals surface area contributed by atoms with E-state index < -0.39 is 24.3 Å². The summed E-state index contributed by atoms with van der Waals surface area (Å²) in [6, 6.07) is 10.3. The highest BCUT2D eigenvalue weighted by atomic mass is 19.4. The Labute approximate surface area is 177 Å². The second-order valence-electron chi connectivity index (χ2n) is 6.40. The van der Waals surface area contributed by atoms with Gasteiger partial charge < -0.3 is 20.7 Å². The van der Waals surface area contributed by atoms with Crippen molar-refractivity contribution >= 4 is 23.4 Å². The Hall–Kier alpha value is -3.56. The maximum absolute atomic E-state index is 12.7. The molecule has 2 aromatic rings. The van der Waals surface area contributed by atoms with Crippen molar-refractivity contribution in [2.24, 2.45) is 0 Å². The Morgan fingerprint density at radius 1 is 0.935 bits per heavy atom. The number of alkyl halides is 3. The fourth-order valence-corrected chi connectivity index (χ4v) is 2.42. The Morgan fingerprint density at radius 3 is 2.26 bits per heavy atom. The lowest BCUT2D eigenvalue weighted by molar-refractivity contribution is -0.137. The second-order valence-corrected chi connectivity index (χ2v) is 6.40. The van der Waals surface area contributed by atoms with Gasteiger partial charge in [0.05, 0.1) is 5.56 Å². The highest BCUT2D eigenvalue weighted by molar-refractivity contribution is 5.96. The molecule has 0 bridgehead atoms. The first-order chi connectivity index (χ1) is 14.7. The van der Waals surface area contributed by atoms with E-state index in [0.29, 0.717) is 24.2 Å². The lowest BCUT2D eigenvalue weighted by Gasteiger charge is -2.11. The number of amides is 3. The summed E-state index contributed by atoms with van der Waals surface area (Å²) in [5, 5.41) is 7.82. The summed E-state index contributed by atoms with van der Waals surface area (Å²) in [7, 11) is 0. The summed E-state index contributed by atoms with van der Waals surface area (Å²) in [6.45, 7) is 1.84. The van der Waals surface area contributed by atoms with Gasteiger partial charge in [-0.15, -0.1) is 0 Å². The number of rotatable bonds is 9. The van der Waals surface area contributed by atoms with Crippen LogP contribution >= 0.6 is 0 Å². The van der Waals surface area contributed by atoms with Crippen molar-refractivity contribution in [1.29, 1.82) is 0 Å². The predicted octanol–water partition coefficient (Wildman–Crippen LogP) is 2.98. The van der Waals surface area contributed by atoms with Crippen LogP contribution in [0.5, 0.6) is 5.75 Å².